The number of aliphatic hydroxyl groups excluding tert-OH is 1. The van der Waals surface area contributed by atoms with E-state index in [1.807, 2.05) is 24.3 Å². The maximum atomic E-state index is 10.1. The van der Waals surface area contributed by atoms with Crippen molar-refractivity contribution in [2.75, 3.05) is 19.8 Å². The molecule has 1 fully saturated rings. The Morgan fingerprint density at radius 1 is 1.42 bits per heavy atom. The van der Waals surface area contributed by atoms with E-state index in [0.717, 1.165) is 31.6 Å². The molecule has 19 heavy (non-hydrogen) atoms. The first kappa shape index (κ1) is 14.8. The quantitative estimate of drug-likeness (QED) is 0.873. The van der Waals surface area contributed by atoms with Gasteiger partial charge in [-0.15, -0.1) is 0 Å². The zero-order valence-corrected chi connectivity index (χ0v) is 12.1. The fraction of sp³-hybridized carbons (Fsp3) is 0.600. The molecule has 0 spiro atoms. The fourth-order valence-corrected chi connectivity index (χ4v) is 2.71. The third-order valence-electron chi connectivity index (χ3n) is 3.84. The molecule has 1 heterocycles. The van der Waals surface area contributed by atoms with Crippen molar-refractivity contribution in [3.05, 3.63) is 34.9 Å². The Morgan fingerprint density at radius 2 is 2.16 bits per heavy atom. The summed E-state index contributed by atoms with van der Waals surface area (Å²) in [7, 11) is 0. The number of benzene rings is 1. The lowest BCUT2D eigenvalue weighted by atomic mass is 9.93. The molecule has 0 amide bonds. The van der Waals surface area contributed by atoms with Crippen LogP contribution in [-0.4, -0.2) is 30.9 Å². The lowest BCUT2D eigenvalue weighted by molar-refractivity contribution is 0.0537. The van der Waals surface area contributed by atoms with Gasteiger partial charge in [-0.3, -0.25) is 0 Å². The van der Waals surface area contributed by atoms with Crippen molar-refractivity contribution in [2.45, 2.75) is 31.9 Å². The molecule has 3 nitrogen and oxygen atoms in total. The Hall–Kier alpha value is -0.610. The molecule has 2 N–H and O–H groups in total. The van der Waals surface area contributed by atoms with Crippen molar-refractivity contribution in [3.8, 4) is 0 Å². The van der Waals surface area contributed by atoms with E-state index in [9.17, 15) is 5.11 Å². The predicted octanol–water partition coefficient (Wildman–Crippen LogP) is 2.78. The molecule has 0 radical (unpaired) electrons. The summed E-state index contributed by atoms with van der Waals surface area (Å²) in [5.74, 6) is 0.639. The second-order valence-corrected chi connectivity index (χ2v) is 5.65. The minimum absolute atomic E-state index is 0.401. The van der Waals surface area contributed by atoms with Crippen LogP contribution in [0.5, 0.6) is 0 Å². The molecular weight excluding hydrogens is 262 g/mol. The molecule has 1 aromatic carbocycles. The summed E-state index contributed by atoms with van der Waals surface area (Å²) in [5.41, 5.74) is 0.860. The van der Waals surface area contributed by atoms with E-state index in [1.54, 1.807) is 0 Å². The molecule has 2 rings (SSSR count). The van der Waals surface area contributed by atoms with Gasteiger partial charge in [-0.25, -0.2) is 0 Å². The zero-order chi connectivity index (χ0) is 13.7. The fourth-order valence-electron chi connectivity index (χ4n) is 2.51. The average molecular weight is 284 g/mol. The van der Waals surface area contributed by atoms with Gasteiger partial charge in [-0.1, -0.05) is 23.7 Å². The normalized spacial score (nSPS) is 20.2. The van der Waals surface area contributed by atoms with E-state index < -0.39 is 6.10 Å². The molecule has 2 unspecified atom stereocenters. The van der Waals surface area contributed by atoms with Crippen molar-refractivity contribution in [2.24, 2.45) is 5.92 Å². The van der Waals surface area contributed by atoms with Crippen LogP contribution in [0.3, 0.4) is 0 Å². The molecule has 0 saturated carbocycles. The first-order valence-corrected chi connectivity index (χ1v) is 7.29. The van der Waals surface area contributed by atoms with E-state index in [2.05, 4.69) is 12.2 Å². The first-order chi connectivity index (χ1) is 9.16. The van der Waals surface area contributed by atoms with E-state index in [-0.39, 0.29) is 0 Å². The van der Waals surface area contributed by atoms with Gasteiger partial charge in [0.15, 0.2) is 0 Å². The molecule has 1 saturated heterocycles. The lowest BCUT2D eigenvalue weighted by Gasteiger charge is -2.29. The van der Waals surface area contributed by atoms with Crippen LogP contribution in [0.4, 0.5) is 0 Å². The van der Waals surface area contributed by atoms with E-state index in [4.69, 9.17) is 16.3 Å². The highest BCUT2D eigenvalue weighted by Gasteiger charge is 2.20. The summed E-state index contributed by atoms with van der Waals surface area (Å²) in [6.45, 7) is 4.45. The second kappa shape index (κ2) is 7.25. The number of rotatable bonds is 5. The van der Waals surface area contributed by atoms with Gasteiger partial charge in [0.1, 0.15) is 0 Å². The van der Waals surface area contributed by atoms with E-state index >= 15 is 0 Å². The third kappa shape index (κ3) is 4.46. The average Bonchev–Trinajstić information content (AvgIpc) is 2.45. The number of hydrogen-bond acceptors (Lipinski definition) is 3. The van der Waals surface area contributed by atoms with Gasteiger partial charge in [-0.05, 0) is 43.4 Å². The van der Waals surface area contributed by atoms with Crippen LogP contribution in [0.25, 0.3) is 0 Å². The molecule has 4 heteroatoms. The largest absolute Gasteiger partial charge is 0.387 e. The summed E-state index contributed by atoms with van der Waals surface area (Å²) >= 11 is 5.93. The Morgan fingerprint density at radius 3 is 2.84 bits per heavy atom. The maximum absolute atomic E-state index is 10.1. The SMILES string of the molecule is CC(NCC(O)c1cccc(Cl)c1)C1CCOCC1. The van der Waals surface area contributed by atoms with Gasteiger partial charge >= 0.3 is 0 Å². The molecule has 0 aromatic heterocycles. The van der Waals surface area contributed by atoms with Gasteiger partial charge in [0.25, 0.3) is 0 Å². The minimum Gasteiger partial charge on any atom is -0.387 e. The Labute approximate surface area is 119 Å². The number of hydrogen-bond donors (Lipinski definition) is 2. The van der Waals surface area contributed by atoms with E-state index in [1.165, 1.54) is 0 Å². The van der Waals surface area contributed by atoms with Crippen molar-refractivity contribution in [1.82, 2.24) is 5.32 Å². The number of nitrogens with one attached hydrogen (secondary N) is 1. The Bertz CT molecular complexity index is 393. The zero-order valence-electron chi connectivity index (χ0n) is 11.3. The van der Waals surface area contributed by atoms with Gasteiger partial charge in [0.05, 0.1) is 6.10 Å². The van der Waals surface area contributed by atoms with Crippen molar-refractivity contribution in [1.29, 1.82) is 0 Å². The highest BCUT2D eigenvalue weighted by atomic mass is 35.5. The highest BCUT2D eigenvalue weighted by molar-refractivity contribution is 6.30. The van der Waals surface area contributed by atoms with Gasteiger partial charge in [0.2, 0.25) is 0 Å². The molecule has 1 aliphatic rings. The standard InChI is InChI=1S/C15H22ClNO2/c1-11(12-5-7-19-8-6-12)17-10-15(18)13-3-2-4-14(16)9-13/h2-4,9,11-12,15,17-18H,5-8,10H2,1H3. The molecular formula is C15H22ClNO2. The van der Waals surface area contributed by atoms with Crippen LogP contribution in [0.2, 0.25) is 5.02 Å². The molecule has 1 aromatic rings. The molecule has 0 aliphatic carbocycles. The second-order valence-electron chi connectivity index (χ2n) is 5.22. The number of aliphatic hydroxyl groups is 1. The Kier molecular flexibility index (Phi) is 5.64. The predicted molar refractivity (Wildman–Crippen MR) is 77.4 cm³/mol. The summed E-state index contributed by atoms with van der Waals surface area (Å²) in [4.78, 5) is 0. The first-order valence-electron chi connectivity index (χ1n) is 6.91. The number of halogens is 1. The van der Waals surface area contributed by atoms with Crippen LogP contribution in [0.1, 0.15) is 31.4 Å². The highest BCUT2D eigenvalue weighted by Crippen LogP contribution is 2.20. The summed E-state index contributed by atoms with van der Waals surface area (Å²) in [6, 6.07) is 7.79. The monoisotopic (exact) mass is 283 g/mol. The van der Waals surface area contributed by atoms with Gasteiger partial charge < -0.3 is 15.2 Å². The molecule has 0 bridgehead atoms. The minimum atomic E-state index is -0.513. The van der Waals surface area contributed by atoms with Crippen molar-refractivity contribution in [3.63, 3.8) is 0 Å². The summed E-state index contributed by atoms with van der Waals surface area (Å²) in [5, 5.41) is 14.2. The molecule has 2 atom stereocenters. The number of ether oxygens (including phenoxy) is 1. The van der Waals surface area contributed by atoms with Crippen LogP contribution in [0.15, 0.2) is 24.3 Å². The topological polar surface area (TPSA) is 41.5 Å². The van der Waals surface area contributed by atoms with E-state index in [0.29, 0.717) is 23.5 Å². The van der Waals surface area contributed by atoms with Crippen molar-refractivity contribution >= 4 is 11.6 Å². The van der Waals surface area contributed by atoms with Gasteiger partial charge in [-0.2, -0.15) is 0 Å². The maximum Gasteiger partial charge on any atom is 0.0914 e. The smallest absolute Gasteiger partial charge is 0.0914 e. The van der Waals surface area contributed by atoms with Crippen LogP contribution < -0.4 is 5.32 Å². The van der Waals surface area contributed by atoms with Crippen LogP contribution >= 0.6 is 11.6 Å². The Balaban J connectivity index is 1.80. The molecule has 1 aliphatic heterocycles. The summed E-state index contributed by atoms with van der Waals surface area (Å²) in [6.07, 6.45) is 1.68. The van der Waals surface area contributed by atoms with Crippen LogP contribution in [0, 0.1) is 5.92 Å². The van der Waals surface area contributed by atoms with Gasteiger partial charge in [0, 0.05) is 30.8 Å². The van der Waals surface area contributed by atoms with Crippen LogP contribution in [-0.2, 0) is 4.74 Å². The lowest BCUT2D eigenvalue weighted by Crippen LogP contribution is -2.38. The molecule has 106 valence electrons. The third-order valence-corrected chi connectivity index (χ3v) is 4.07. The summed E-state index contributed by atoms with van der Waals surface area (Å²) < 4.78 is 5.37. The van der Waals surface area contributed by atoms with Crippen molar-refractivity contribution < 1.29 is 9.84 Å².